The maximum atomic E-state index is 10.2. The molecule has 0 bridgehead atoms. The van der Waals surface area contributed by atoms with Crippen molar-refractivity contribution in [2.75, 3.05) is 11.9 Å². The first-order chi connectivity index (χ1) is 12.6. The summed E-state index contributed by atoms with van der Waals surface area (Å²) in [6.07, 6.45) is -2.90. The first-order valence-electron chi connectivity index (χ1n) is 7.93. The molecule has 1 aliphatic rings. The maximum Gasteiger partial charge on any atom is 0.226 e. The summed E-state index contributed by atoms with van der Waals surface area (Å²) in [4.78, 5) is 12.6. The summed E-state index contributed by atoms with van der Waals surface area (Å²) < 4.78 is 7.00. The second-order valence-electron chi connectivity index (χ2n) is 5.89. The van der Waals surface area contributed by atoms with Gasteiger partial charge in [0, 0.05) is 5.69 Å². The zero-order valence-corrected chi connectivity index (χ0v) is 14.2. The molecule has 0 saturated carbocycles. The normalized spacial score (nSPS) is 25.7. The highest BCUT2D eigenvalue weighted by atomic mass is 35.5. The average molecular weight is 378 g/mol. The Bertz CT molecular complexity index is 922. The number of nitrogens with zero attached hydrogens (tertiary/aromatic N) is 4. The van der Waals surface area contributed by atoms with E-state index in [-0.39, 0.29) is 5.28 Å². The van der Waals surface area contributed by atoms with E-state index in [2.05, 4.69) is 20.3 Å². The lowest BCUT2D eigenvalue weighted by molar-refractivity contribution is -0.0511. The summed E-state index contributed by atoms with van der Waals surface area (Å²) in [5, 5.41) is 32.6. The smallest absolute Gasteiger partial charge is 0.226 e. The van der Waals surface area contributed by atoms with Crippen molar-refractivity contribution in [3.05, 3.63) is 41.9 Å². The zero-order valence-electron chi connectivity index (χ0n) is 13.4. The van der Waals surface area contributed by atoms with Crippen LogP contribution in [-0.4, -0.2) is 59.8 Å². The Hall–Kier alpha value is -2.30. The van der Waals surface area contributed by atoms with Gasteiger partial charge >= 0.3 is 0 Å². The minimum absolute atomic E-state index is 0.00979. The monoisotopic (exact) mass is 377 g/mol. The molecule has 9 nitrogen and oxygen atoms in total. The van der Waals surface area contributed by atoms with Crippen LogP contribution >= 0.6 is 11.6 Å². The molecule has 136 valence electrons. The summed E-state index contributed by atoms with van der Waals surface area (Å²) in [5.41, 5.74) is 1.56. The van der Waals surface area contributed by atoms with Gasteiger partial charge in [-0.25, -0.2) is 4.98 Å². The summed E-state index contributed by atoms with van der Waals surface area (Å²) in [5.74, 6) is 0.400. The molecule has 3 heterocycles. The Morgan fingerprint density at radius 3 is 2.62 bits per heavy atom. The SMILES string of the molecule is OC[C@H]1O[C@@H](n2cnc3c(Nc4ccccc4)nc(Cl)nc32)[C@@H](O)[C@H]1O. The van der Waals surface area contributed by atoms with Gasteiger partial charge in [0.2, 0.25) is 5.28 Å². The van der Waals surface area contributed by atoms with Gasteiger partial charge in [-0.15, -0.1) is 0 Å². The number of ether oxygens (including phenoxy) is 1. The Morgan fingerprint density at radius 2 is 1.92 bits per heavy atom. The van der Waals surface area contributed by atoms with Gasteiger partial charge in [-0.2, -0.15) is 9.97 Å². The van der Waals surface area contributed by atoms with E-state index >= 15 is 0 Å². The fourth-order valence-electron chi connectivity index (χ4n) is 2.93. The number of fused-ring (bicyclic) bond motifs is 1. The summed E-state index contributed by atoms with van der Waals surface area (Å²) in [7, 11) is 0. The Morgan fingerprint density at radius 1 is 1.15 bits per heavy atom. The molecule has 0 aliphatic carbocycles. The summed E-state index contributed by atoms with van der Waals surface area (Å²) >= 11 is 6.05. The molecule has 4 rings (SSSR count). The third kappa shape index (κ3) is 2.89. The predicted octanol–water partition coefficient (Wildman–Crippen LogP) is 0.835. The lowest BCUT2D eigenvalue weighted by atomic mass is 10.1. The highest BCUT2D eigenvalue weighted by molar-refractivity contribution is 6.28. The molecular formula is C16H16ClN5O4. The lowest BCUT2D eigenvalue weighted by Crippen LogP contribution is -2.33. The number of hydrogen-bond donors (Lipinski definition) is 4. The lowest BCUT2D eigenvalue weighted by Gasteiger charge is -2.16. The van der Waals surface area contributed by atoms with Crippen molar-refractivity contribution >= 4 is 34.3 Å². The van der Waals surface area contributed by atoms with E-state index in [9.17, 15) is 15.3 Å². The first kappa shape index (κ1) is 17.1. The highest BCUT2D eigenvalue weighted by Gasteiger charge is 2.44. The fraction of sp³-hybridized carbons (Fsp3) is 0.312. The van der Waals surface area contributed by atoms with Crippen LogP contribution < -0.4 is 5.32 Å². The van der Waals surface area contributed by atoms with E-state index in [1.165, 1.54) is 10.9 Å². The highest BCUT2D eigenvalue weighted by Crippen LogP contribution is 2.33. The van der Waals surface area contributed by atoms with E-state index in [1.807, 2.05) is 30.3 Å². The molecule has 26 heavy (non-hydrogen) atoms. The van der Waals surface area contributed by atoms with E-state index in [0.29, 0.717) is 17.0 Å². The predicted molar refractivity (Wildman–Crippen MR) is 93.1 cm³/mol. The van der Waals surface area contributed by atoms with Crippen molar-refractivity contribution in [3.8, 4) is 0 Å². The number of imidazole rings is 1. The van der Waals surface area contributed by atoms with Gasteiger partial charge in [0.15, 0.2) is 23.2 Å². The third-order valence-electron chi connectivity index (χ3n) is 4.22. The van der Waals surface area contributed by atoms with Crippen LogP contribution in [0.5, 0.6) is 0 Å². The molecule has 0 spiro atoms. The van der Waals surface area contributed by atoms with Gasteiger partial charge in [-0.3, -0.25) is 4.57 Å². The van der Waals surface area contributed by atoms with Crippen LogP contribution in [0, 0.1) is 0 Å². The molecule has 0 radical (unpaired) electrons. The minimum Gasteiger partial charge on any atom is -0.394 e. The Labute approximate surface area is 152 Å². The third-order valence-corrected chi connectivity index (χ3v) is 4.39. The molecule has 10 heteroatoms. The number of anilines is 2. The van der Waals surface area contributed by atoms with Crippen LogP contribution in [0.3, 0.4) is 0 Å². The van der Waals surface area contributed by atoms with Gasteiger partial charge in [-0.05, 0) is 23.7 Å². The Kier molecular flexibility index (Phi) is 4.47. The van der Waals surface area contributed by atoms with Crippen molar-refractivity contribution in [1.29, 1.82) is 0 Å². The second-order valence-corrected chi connectivity index (χ2v) is 6.22. The number of aliphatic hydroxyl groups excluding tert-OH is 3. The van der Waals surface area contributed by atoms with Crippen molar-refractivity contribution in [1.82, 2.24) is 19.5 Å². The number of halogens is 1. The van der Waals surface area contributed by atoms with Crippen LogP contribution in [0.1, 0.15) is 6.23 Å². The fourth-order valence-corrected chi connectivity index (χ4v) is 3.10. The van der Waals surface area contributed by atoms with E-state index in [4.69, 9.17) is 16.3 Å². The molecule has 0 amide bonds. The van der Waals surface area contributed by atoms with Gasteiger partial charge in [-0.1, -0.05) is 18.2 Å². The molecule has 4 N–H and O–H groups in total. The van der Waals surface area contributed by atoms with Gasteiger partial charge in [0.05, 0.1) is 12.9 Å². The Balaban J connectivity index is 1.75. The van der Waals surface area contributed by atoms with Gasteiger partial charge in [0.25, 0.3) is 0 Å². The number of nitrogens with one attached hydrogen (secondary N) is 1. The molecular weight excluding hydrogens is 362 g/mol. The number of para-hydroxylation sites is 1. The molecule has 1 fully saturated rings. The van der Waals surface area contributed by atoms with Gasteiger partial charge < -0.3 is 25.4 Å². The van der Waals surface area contributed by atoms with Crippen LogP contribution in [0.4, 0.5) is 11.5 Å². The number of aromatic nitrogens is 4. The number of hydrogen-bond acceptors (Lipinski definition) is 8. The van der Waals surface area contributed by atoms with Crippen molar-refractivity contribution in [2.24, 2.45) is 0 Å². The van der Waals surface area contributed by atoms with Crippen LogP contribution in [-0.2, 0) is 4.74 Å². The number of aliphatic hydroxyl groups is 3. The van der Waals surface area contributed by atoms with E-state index < -0.39 is 31.1 Å². The quantitative estimate of drug-likeness (QED) is 0.493. The second kappa shape index (κ2) is 6.78. The van der Waals surface area contributed by atoms with Crippen molar-refractivity contribution in [2.45, 2.75) is 24.5 Å². The topological polar surface area (TPSA) is 126 Å². The van der Waals surface area contributed by atoms with Crippen molar-refractivity contribution < 1.29 is 20.1 Å². The number of rotatable bonds is 4. The molecule has 1 saturated heterocycles. The molecule has 4 atom stereocenters. The molecule has 0 unspecified atom stereocenters. The first-order valence-corrected chi connectivity index (χ1v) is 8.31. The molecule has 1 aromatic carbocycles. The molecule has 2 aromatic heterocycles. The average Bonchev–Trinajstić information content (AvgIpc) is 3.17. The molecule has 1 aliphatic heterocycles. The molecule has 3 aromatic rings. The van der Waals surface area contributed by atoms with E-state index in [1.54, 1.807) is 0 Å². The van der Waals surface area contributed by atoms with Crippen molar-refractivity contribution in [3.63, 3.8) is 0 Å². The largest absolute Gasteiger partial charge is 0.394 e. The summed E-state index contributed by atoms with van der Waals surface area (Å²) in [6, 6.07) is 9.38. The minimum atomic E-state index is -1.25. The number of benzene rings is 1. The summed E-state index contributed by atoms with van der Waals surface area (Å²) in [6.45, 7) is -0.419. The zero-order chi connectivity index (χ0) is 18.3. The van der Waals surface area contributed by atoms with Crippen LogP contribution in [0.15, 0.2) is 36.7 Å². The van der Waals surface area contributed by atoms with Crippen LogP contribution in [0.25, 0.3) is 11.2 Å². The maximum absolute atomic E-state index is 10.2. The van der Waals surface area contributed by atoms with Gasteiger partial charge in [0.1, 0.15) is 18.3 Å². The van der Waals surface area contributed by atoms with E-state index in [0.717, 1.165) is 5.69 Å². The standard InChI is InChI=1S/C16H16ClN5O4/c17-16-20-13(19-8-4-2-1-3-5-8)10-14(21-16)22(7-18-10)15-12(25)11(24)9(6-23)26-15/h1-5,7,9,11-12,15,23-25H,6H2,(H,19,20,21)/t9-,11+,12+,15-/m1/s1. The van der Waals surface area contributed by atoms with Crippen LogP contribution in [0.2, 0.25) is 5.28 Å².